The fraction of sp³-hybridized carbons (Fsp3) is 0.560. The Morgan fingerprint density at radius 2 is 1.97 bits per heavy atom. The van der Waals surface area contributed by atoms with E-state index < -0.39 is 0 Å². The fourth-order valence-corrected chi connectivity index (χ4v) is 5.00. The number of nitriles is 1. The minimum absolute atomic E-state index is 0.181. The van der Waals surface area contributed by atoms with Crippen molar-refractivity contribution >= 4 is 11.8 Å². The van der Waals surface area contributed by atoms with Crippen molar-refractivity contribution < 1.29 is 9.21 Å². The van der Waals surface area contributed by atoms with Gasteiger partial charge in [-0.25, -0.2) is 4.98 Å². The van der Waals surface area contributed by atoms with Gasteiger partial charge in [-0.05, 0) is 25.5 Å². The Balaban J connectivity index is 1.29. The van der Waals surface area contributed by atoms with Gasteiger partial charge in [-0.1, -0.05) is 37.3 Å². The van der Waals surface area contributed by atoms with E-state index in [0.717, 1.165) is 26.1 Å². The maximum absolute atomic E-state index is 13.1. The first-order valence-corrected chi connectivity index (χ1v) is 11.9. The summed E-state index contributed by atoms with van der Waals surface area (Å²) in [5.41, 5.74) is 1.66. The second kappa shape index (κ2) is 10.4. The zero-order valence-electron chi connectivity index (χ0n) is 19.9. The molecule has 8 heteroatoms. The van der Waals surface area contributed by atoms with Crippen molar-refractivity contribution in [1.82, 2.24) is 19.7 Å². The predicted molar refractivity (Wildman–Crippen MR) is 127 cm³/mol. The van der Waals surface area contributed by atoms with Crippen molar-refractivity contribution in [3.8, 4) is 6.07 Å². The second-order valence-electron chi connectivity index (χ2n) is 8.95. The Bertz CT molecular complexity index is 977. The first-order chi connectivity index (χ1) is 16.0. The van der Waals surface area contributed by atoms with Crippen LogP contribution in [0, 0.1) is 18.3 Å². The number of hydrogen-bond donors (Lipinski definition) is 0. The van der Waals surface area contributed by atoms with Gasteiger partial charge in [0.2, 0.25) is 17.5 Å². The van der Waals surface area contributed by atoms with Gasteiger partial charge < -0.3 is 14.2 Å². The average molecular weight is 451 g/mol. The molecule has 2 unspecified atom stereocenters. The van der Waals surface area contributed by atoms with E-state index in [2.05, 4.69) is 65.0 Å². The number of amides is 1. The van der Waals surface area contributed by atoms with E-state index in [1.54, 1.807) is 6.92 Å². The van der Waals surface area contributed by atoms with Gasteiger partial charge in [-0.3, -0.25) is 14.6 Å². The summed E-state index contributed by atoms with van der Waals surface area (Å²) in [6.07, 6.45) is 1.09. The molecule has 3 heterocycles. The lowest BCUT2D eigenvalue weighted by Gasteiger charge is -2.36. The Morgan fingerprint density at radius 1 is 1.24 bits per heavy atom. The van der Waals surface area contributed by atoms with Crippen molar-refractivity contribution in [3.05, 3.63) is 47.5 Å². The largest absolute Gasteiger partial charge is 0.424 e. The monoisotopic (exact) mass is 450 g/mol. The van der Waals surface area contributed by atoms with Crippen molar-refractivity contribution in [2.24, 2.45) is 0 Å². The number of aromatic nitrogens is 1. The molecule has 2 aliphatic heterocycles. The van der Waals surface area contributed by atoms with Crippen molar-refractivity contribution in [2.75, 3.05) is 57.3 Å². The summed E-state index contributed by atoms with van der Waals surface area (Å²) < 4.78 is 5.63. The van der Waals surface area contributed by atoms with E-state index in [4.69, 9.17) is 4.42 Å². The van der Waals surface area contributed by atoms with Gasteiger partial charge >= 0.3 is 0 Å². The van der Waals surface area contributed by atoms with Gasteiger partial charge in [0.15, 0.2) is 5.89 Å². The standard InChI is InChI=1S/C25H34N6O2/c1-4-28(22-10-11-31(17-22)19(2)21-8-6-5-7-9-21)18-24(32)29-12-14-30(15-13-29)25-23(16-26)27-20(3)33-25/h5-9,19,22H,4,10-15,17-18H2,1-3H3. The van der Waals surface area contributed by atoms with Gasteiger partial charge in [0.05, 0.1) is 6.54 Å². The van der Waals surface area contributed by atoms with Crippen LogP contribution in [0.4, 0.5) is 5.88 Å². The lowest BCUT2D eigenvalue weighted by molar-refractivity contribution is -0.133. The van der Waals surface area contributed by atoms with Gasteiger partial charge in [-0.2, -0.15) is 5.26 Å². The predicted octanol–water partition coefficient (Wildman–Crippen LogP) is 2.66. The van der Waals surface area contributed by atoms with Crippen molar-refractivity contribution in [1.29, 1.82) is 5.26 Å². The third-order valence-corrected chi connectivity index (χ3v) is 7.03. The molecule has 2 saturated heterocycles. The molecule has 0 radical (unpaired) electrons. The molecule has 0 saturated carbocycles. The van der Waals surface area contributed by atoms with Crippen LogP contribution >= 0.6 is 0 Å². The van der Waals surface area contributed by atoms with Crippen LogP contribution in [0.5, 0.6) is 0 Å². The number of rotatable bonds is 7. The first kappa shape index (κ1) is 23.3. The molecular formula is C25H34N6O2. The van der Waals surface area contributed by atoms with Crippen LogP contribution in [0.15, 0.2) is 34.7 Å². The van der Waals surface area contributed by atoms with E-state index in [0.29, 0.717) is 62.3 Å². The maximum Gasteiger partial charge on any atom is 0.236 e. The summed E-state index contributed by atoms with van der Waals surface area (Å²) in [5.74, 6) is 1.20. The van der Waals surface area contributed by atoms with Crippen molar-refractivity contribution in [2.45, 2.75) is 39.3 Å². The summed E-state index contributed by atoms with van der Waals surface area (Å²) >= 11 is 0. The van der Waals surface area contributed by atoms with Gasteiger partial charge in [0, 0.05) is 58.3 Å². The molecule has 2 fully saturated rings. The van der Waals surface area contributed by atoms with Gasteiger partial charge in [0.1, 0.15) is 6.07 Å². The molecule has 0 bridgehead atoms. The number of hydrogen-bond acceptors (Lipinski definition) is 7. The number of piperazine rings is 1. The SMILES string of the molecule is CCN(CC(=O)N1CCN(c2oc(C)nc2C#N)CC1)C1CCN(C(C)c2ccccc2)C1. The smallest absolute Gasteiger partial charge is 0.236 e. The highest BCUT2D eigenvalue weighted by atomic mass is 16.4. The van der Waals surface area contributed by atoms with Gasteiger partial charge in [0.25, 0.3) is 0 Å². The molecule has 1 aromatic carbocycles. The molecule has 4 rings (SSSR count). The summed E-state index contributed by atoms with van der Waals surface area (Å²) in [6.45, 7) is 12.1. The van der Waals surface area contributed by atoms with E-state index in [1.165, 1.54) is 5.56 Å². The maximum atomic E-state index is 13.1. The fourth-order valence-electron chi connectivity index (χ4n) is 5.00. The zero-order chi connectivity index (χ0) is 23.4. The highest BCUT2D eigenvalue weighted by Gasteiger charge is 2.32. The number of anilines is 1. The third-order valence-electron chi connectivity index (χ3n) is 7.03. The zero-order valence-corrected chi connectivity index (χ0v) is 19.9. The number of oxazole rings is 1. The number of aryl methyl sites for hydroxylation is 1. The quantitative estimate of drug-likeness (QED) is 0.642. The highest BCUT2D eigenvalue weighted by molar-refractivity contribution is 5.78. The number of carbonyl (C=O) groups is 1. The summed E-state index contributed by atoms with van der Waals surface area (Å²) in [7, 11) is 0. The van der Waals surface area contributed by atoms with Crippen LogP contribution in [0.3, 0.4) is 0 Å². The molecule has 0 aliphatic carbocycles. The molecule has 33 heavy (non-hydrogen) atoms. The van der Waals surface area contributed by atoms with Crippen LogP contribution in [0.2, 0.25) is 0 Å². The number of carbonyl (C=O) groups excluding carboxylic acids is 1. The molecule has 0 spiro atoms. The summed E-state index contributed by atoms with van der Waals surface area (Å²) in [6, 6.07) is 13.5. The molecule has 2 aromatic rings. The molecule has 2 aliphatic rings. The normalized spacial score (nSPS) is 20.3. The Kier molecular flexibility index (Phi) is 7.31. The molecule has 2 atom stereocenters. The Hall–Kier alpha value is -2.89. The minimum Gasteiger partial charge on any atom is -0.424 e. The Morgan fingerprint density at radius 3 is 2.64 bits per heavy atom. The molecule has 0 N–H and O–H groups in total. The summed E-state index contributed by atoms with van der Waals surface area (Å²) in [5, 5.41) is 9.28. The van der Waals surface area contributed by atoms with E-state index in [-0.39, 0.29) is 5.91 Å². The van der Waals surface area contributed by atoms with E-state index in [1.807, 2.05) is 9.80 Å². The highest BCUT2D eigenvalue weighted by Crippen LogP contribution is 2.27. The minimum atomic E-state index is 0.181. The van der Waals surface area contributed by atoms with E-state index in [9.17, 15) is 10.1 Å². The molecule has 1 amide bonds. The lowest BCUT2D eigenvalue weighted by Crippen LogP contribution is -2.52. The lowest BCUT2D eigenvalue weighted by atomic mass is 10.1. The van der Waals surface area contributed by atoms with Crippen LogP contribution in [0.1, 0.15) is 43.5 Å². The van der Waals surface area contributed by atoms with Crippen LogP contribution in [0.25, 0.3) is 0 Å². The van der Waals surface area contributed by atoms with Crippen LogP contribution in [-0.2, 0) is 4.79 Å². The number of benzene rings is 1. The number of nitrogens with zero attached hydrogens (tertiary/aromatic N) is 6. The Labute approximate surface area is 196 Å². The number of likely N-dealkylation sites (tertiary alicyclic amines) is 1. The molecule has 8 nitrogen and oxygen atoms in total. The first-order valence-electron chi connectivity index (χ1n) is 11.9. The molecular weight excluding hydrogens is 416 g/mol. The number of likely N-dealkylation sites (N-methyl/N-ethyl adjacent to an activating group) is 1. The van der Waals surface area contributed by atoms with E-state index >= 15 is 0 Å². The third kappa shape index (κ3) is 5.21. The van der Waals surface area contributed by atoms with Gasteiger partial charge in [-0.15, -0.1) is 0 Å². The van der Waals surface area contributed by atoms with Crippen molar-refractivity contribution in [3.63, 3.8) is 0 Å². The second-order valence-corrected chi connectivity index (χ2v) is 8.95. The summed E-state index contributed by atoms with van der Waals surface area (Å²) in [4.78, 5) is 26.0. The molecule has 1 aromatic heterocycles. The van der Waals surface area contributed by atoms with Crippen LogP contribution in [-0.4, -0.2) is 84.0 Å². The van der Waals surface area contributed by atoms with Crippen LogP contribution < -0.4 is 4.90 Å². The molecule has 176 valence electrons. The topological polar surface area (TPSA) is 79.9 Å². The average Bonchev–Trinajstić information content (AvgIpc) is 3.49.